The molecule has 172 valence electrons. The van der Waals surface area contributed by atoms with Gasteiger partial charge >= 0.3 is 0 Å². The Morgan fingerprint density at radius 1 is 0.941 bits per heavy atom. The maximum Gasteiger partial charge on any atom is 0.269 e. The summed E-state index contributed by atoms with van der Waals surface area (Å²) in [5, 5.41) is 2.70. The van der Waals surface area contributed by atoms with E-state index in [1.54, 1.807) is 12.1 Å². The van der Waals surface area contributed by atoms with Crippen LogP contribution in [-0.4, -0.2) is 28.4 Å². The first-order valence-corrected chi connectivity index (χ1v) is 11.1. The fourth-order valence-corrected chi connectivity index (χ4v) is 3.52. The second-order valence-electron chi connectivity index (χ2n) is 7.84. The summed E-state index contributed by atoms with van der Waals surface area (Å²) in [6.45, 7) is 2.72. The first-order valence-electron chi connectivity index (χ1n) is 11.1. The molecule has 4 rings (SSSR count). The van der Waals surface area contributed by atoms with Gasteiger partial charge in [-0.05, 0) is 47.4 Å². The minimum absolute atomic E-state index is 0.0622. The van der Waals surface area contributed by atoms with Crippen molar-refractivity contribution >= 4 is 17.6 Å². The summed E-state index contributed by atoms with van der Waals surface area (Å²) in [6.07, 6.45) is 1.38. The molecule has 0 saturated carbocycles. The van der Waals surface area contributed by atoms with Crippen molar-refractivity contribution in [3.8, 4) is 16.9 Å². The highest BCUT2D eigenvalue weighted by Crippen LogP contribution is 2.21. The van der Waals surface area contributed by atoms with Gasteiger partial charge in [-0.25, -0.2) is 4.98 Å². The lowest BCUT2D eigenvalue weighted by Gasteiger charge is -2.06. The lowest BCUT2D eigenvalue weighted by Crippen LogP contribution is -2.18. The van der Waals surface area contributed by atoms with Crippen molar-refractivity contribution in [1.82, 2.24) is 9.97 Å². The van der Waals surface area contributed by atoms with Crippen molar-refractivity contribution in [3.63, 3.8) is 0 Å². The van der Waals surface area contributed by atoms with Crippen LogP contribution in [-0.2, 0) is 6.42 Å². The van der Waals surface area contributed by atoms with Crippen LogP contribution in [0.15, 0.2) is 78.9 Å². The molecular weight excluding hydrogens is 428 g/mol. The fraction of sp³-hybridized carbons (Fsp3) is 0.148. The third-order valence-electron chi connectivity index (χ3n) is 5.25. The Morgan fingerprint density at radius 3 is 2.26 bits per heavy atom. The molecule has 34 heavy (non-hydrogen) atoms. The van der Waals surface area contributed by atoms with Crippen LogP contribution in [0, 0.1) is 0 Å². The zero-order valence-electron chi connectivity index (χ0n) is 18.9. The van der Waals surface area contributed by atoms with Gasteiger partial charge in [-0.3, -0.25) is 9.59 Å². The van der Waals surface area contributed by atoms with Gasteiger partial charge in [-0.15, -0.1) is 0 Å². The molecule has 0 spiro atoms. The maximum atomic E-state index is 12.8. The minimum atomic E-state index is -0.697. The topological polar surface area (TPSA) is 110 Å². The van der Waals surface area contributed by atoms with E-state index >= 15 is 0 Å². The highest BCUT2D eigenvalue weighted by molar-refractivity contribution is 6.07. The number of primary amides is 1. The van der Waals surface area contributed by atoms with Crippen LogP contribution in [0.1, 0.15) is 45.6 Å². The predicted molar refractivity (Wildman–Crippen MR) is 132 cm³/mol. The van der Waals surface area contributed by atoms with Crippen LogP contribution >= 0.6 is 0 Å². The number of amides is 2. The molecule has 1 aromatic heterocycles. The second kappa shape index (κ2) is 10.5. The Labute approximate surface area is 198 Å². The number of aromatic nitrogens is 2. The predicted octanol–water partition coefficient (Wildman–Crippen LogP) is 4.81. The number of anilines is 1. The van der Waals surface area contributed by atoms with Crippen LogP contribution in [0.25, 0.3) is 11.1 Å². The number of benzene rings is 3. The molecule has 2 amide bonds. The second-order valence-corrected chi connectivity index (χ2v) is 7.84. The first kappa shape index (κ1) is 22.8. The lowest BCUT2D eigenvalue weighted by molar-refractivity contribution is 0.0997. The van der Waals surface area contributed by atoms with E-state index in [0.717, 1.165) is 28.9 Å². The maximum absolute atomic E-state index is 12.8. The molecule has 0 aliphatic heterocycles. The molecule has 0 unspecified atom stereocenters. The van der Waals surface area contributed by atoms with Gasteiger partial charge in [0.2, 0.25) is 0 Å². The third-order valence-corrected chi connectivity index (χ3v) is 5.25. The zero-order chi connectivity index (χ0) is 23.9. The van der Waals surface area contributed by atoms with Crippen LogP contribution < -0.4 is 15.8 Å². The Hall–Kier alpha value is -4.39. The lowest BCUT2D eigenvalue weighted by atomic mass is 10.0. The van der Waals surface area contributed by atoms with E-state index in [0.29, 0.717) is 24.4 Å². The number of ether oxygens (including phenoxy) is 1. The van der Waals surface area contributed by atoms with E-state index in [2.05, 4.69) is 22.2 Å². The number of nitrogens with one attached hydrogen (secondary N) is 2. The van der Waals surface area contributed by atoms with Crippen LogP contribution in [0.5, 0.6) is 5.75 Å². The Morgan fingerprint density at radius 2 is 1.62 bits per heavy atom. The average molecular weight is 455 g/mol. The molecule has 7 heteroatoms. The molecule has 0 radical (unpaired) electrons. The number of nitrogens with zero attached hydrogens (tertiary/aromatic N) is 1. The Kier molecular flexibility index (Phi) is 7.03. The van der Waals surface area contributed by atoms with Gasteiger partial charge in [0.05, 0.1) is 6.61 Å². The number of nitrogens with two attached hydrogens (primary N) is 1. The van der Waals surface area contributed by atoms with Crippen molar-refractivity contribution in [2.75, 3.05) is 11.9 Å². The SMILES string of the molecule is CCCOc1ccc(Cc2nc(NC(=O)c3ccc(-c4ccccc4)cc3)c(C(N)=O)[nH]2)cc1. The first-order chi connectivity index (χ1) is 16.5. The van der Waals surface area contributed by atoms with Gasteiger partial charge in [-0.2, -0.15) is 0 Å². The van der Waals surface area contributed by atoms with E-state index < -0.39 is 5.91 Å². The summed E-state index contributed by atoms with van der Waals surface area (Å²) in [5.74, 6) is 0.358. The van der Waals surface area contributed by atoms with Crippen molar-refractivity contribution in [2.45, 2.75) is 19.8 Å². The fourth-order valence-electron chi connectivity index (χ4n) is 3.52. The van der Waals surface area contributed by atoms with Gasteiger partial charge in [0.1, 0.15) is 17.3 Å². The van der Waals surface area contributed by atoms with Gasteiger partial charge in [0, 0.05) is 12.0 Å². The van der Waals surface area contributed by atoms with Crippen LogP contribution in [0.2, 0.25) is 0 Å². The normalized spacial score (nSPS) is 10.6. The summed E-state index contributed by atoms with van der Waals surface area (Å²) in [6, 6.07) is 24.8. The number of hydrogen-bond acceptors (Lipinski definition) is 4. The number of carbonyl (C=O) groups excluding carboxylic acids is 2. The van der Waals surface area contributed by atoms with E-state index in [1.165, 1.54) is 0 Å². The van der Waals surface area contributed by atoms with Crippen molar-refractivity contribution in [1.29, 1.82) is 0 Å². The summed E-state index contributed by atoms with van der Waals surface area (Å²) < 4.78 is 5.60. The monoisotopic (exact) mass is 454 g/mol. The van der Waals surface area contributed by atoms with E-state index in [1.807, 2.05) is 66.7 Å². The number of carbonyl (C=O) groups is 2. The molecule has 7 nitrogen and oxygen atoms in total. The number of rotatable bonds is 9. The summed E-state index contributed by atoms with van der Waals surface area (Å²) >= 11 is 0. The molecule has 4 aromatic rings. The molecular formula is C27H26N4O3. The van der Waals surface area contributed by atoms with Crippen molar-refractivity contribution < 1.29 is 14.3 Å². The molecule has 0 saturated heterocycles. The summed E-state index contributed by atoms with van der Waals surface area (Å²) in [4.78, 5) is 32.1. The van der Waals surface area contributed by atoms with E-state index in [4.69, 9.17) is 10.5 Å². The summed E-state index contributed by atoms with van der Waals surface area (Å²) in [7, 11) is 0. The standard InChI is InChI=1S/C27H26N4O3/c1-2-16-34-22-14-8-18(9-15-22)17-23-29-24(25(28)32)26(30-23)31-27(33)21-12-10-20(11-13-21)19-6-4-3-5-7-19/h3-15H,2,16-17H2,1H3,(H2,28,32)(H,29,30)(H,31,33). The molecule has 0 aliphatic rings. The molecule has 4 N–H and O–H groups in total. The molecule has 0 atom stereocenters. The zero-order valence-corrected chi connectivity index (χ0v) is 18.9. The Bertz CT molecular complexity index is 1260. The van der Waals surface area contributed by atoms with E-state index in [9.17, 15) is 9.59 Å². The molecule has 0 aliphatic carbocycles. The van der Waals surface area contributed by atoms with Gasteiger partial charge < -0.3 is 20.8 Å². The van der Waals surface area contributed by atoms with Crippen LogP contribution in [0.4, 0.5) is 5.82 Å². The smallest absolute Gasteiger partial charge is 0.269 e. The number of hydrogen-bond donors (Lipinski definition) is 3. The van der Waals surface area contributed by atoms with Crippen molar-refractivity contribution in [3.05, 3.63) is 102 Å². The largest absolute Gasteiger partial charge is 0.494 e. The van der Waals surface area contributed by atoms with Crippen LogP contribution in [0.3, 0.4) is 0 Å². The van der Waals surface area contributed by atoms with Gasteiger partial charge in [0.25, 0.3) is 11.8 Å². The summed E-state index contributed by atoms with van der Waals surface area (Å²) in [5.41, 5.74) is 9.06. The van der Waals surface area contributed by atoms with Gasteiger partial charge in [-0.1, -0.05) is 61.5 Å². The average Bonchev–Trinajstić information content (AvgIpc) is 3.26. The highest BCUT2D eigenvalue weighted by atomic mass is 16.5. The number of H-pyrrole nitrogens is 1. The minimum Gasteiger partial charge on any atom is -0.494 e. The molecule has 3 aromatic carbocycles. The quantitative estimate of drug-likeness (QED) is 0.337. The molecule has 1 heterocycles. The third kappa shape index (κ3) is 5.50. The number of aromatic amines is 1. The highest BCUT2D eigenvalue weighted by Gasteiger charge is 2.18. The molecule has 0 fully saturated rings. The van der Waals surface area contributed by atoms with Crippen molar-refractivity contribution in [2.24, 2.45) is 5.73 Å². The molecule has 0 bridgehead atoms. The number of imidazole rings is 1. The Balaban J connectivity index is 1.47. The van der Waals surface area contributed by atoms with Gasteiger partial charge in [0.15, 0.2) is 5.82 Å². The van der Waals surface area contributed by atoms with E-state index in [-0.39, 0.29) is 17.4 Å².